The van der Waals surface area contributed by atoms with E-state index in [9.17, 15) is 8.42 Å². The number of halogens is 1. The lowest BCUT2D eigenvalue weighted by Crippen LogP contribution is -2.47. The molecule has 2 N–H and O–H groups in total. The van der Waals surface area contributed by atoms with Gasteiger partial charge in [-0.1, -0.05) is 38.1 Å². The average Bonchev–Trinajstić information content (AvgIpc) is 2.82. The molecule has 0 spiro atoms. The number of benzene rings is 1. The quantitative estimate of drug-likeness (QED) is 0.407. The van der Waals surface area contributed by atoms with Gasteiger partial charge in [-0.05, 0) is 24.5 Å². The molecule has 2 rings (SSSR count). The Hall–Kier alpha value is -0.830. The lowest BCUT2D eigenvalue weighted by Gasteiger charge is -2.29. The minimum absolute atomic E-state index is 0. The van der Waals surface area contributed by atoms with E-state index in [1.165, 1.54) is 11.1 Å². The van der Waals surface area contributed by atoms with E-state index in [2.05, 4.69) is 54.6 Å². The van der Waals surface area contributed by atoms with E-state index in [-0.39, 0.29) is 46.9 Å². The smallest absolute Gasteiger partial charge is 0.191 e. The topological polar surface area (TPSA) is 70.6 Å². The standard InChI is InChI=1S/C17H27N3O2S.HI/c1-13-7-5-6-8-15(13)17(2,3)12-19-16(18-4)20-14-9-10-23(21,22)11-14;/h5-8,14H,9-12H2,1-4H3,(H2,18,19,20);1H. The van der Waals surface area contributed by atoms with E-state index in [0.29, 0.717) is 12.4 Å². The normalized spacial score (nSPS) is 20.3. The second kappa shape index (κ2) is 8.51. The Bertz CT molecular complexity index is 687. The molecule has 136 valence electrons. The third-order valence-electron chi connectivity index (χ3n) is 4.37. The predicted molar refractivity (Wildman–Crippen MR) is 111 cm³/mol. The van der Waals surface area contributed by atoms with Gasteiger partial charge in [-0.2, -0.15) is 0 Å². The first-order valence-corrected chi connectivity index (χ1v) is 9.79. The van der Waals surface area contributed by atoms with Crippen LogP contribution in [0.15, 0.2) is 29.3 Å². The lowest BCUT2D eigenvalue weighted by molar-refractivity contribution is 0.502. The summed E-state index contributed by atoms with van der Waals surface area (Å²) >= 11 is 0. The molecule has 0 saturated carbocycles. The monoisotopic (exact) mass is 465 g/mol. The van der Waals surface area contributed by atoms with E-state index >= 15 is 0 Å². The maximum absolute atomic E-state index is 11.6. The number of nitrogens with one attached hydrogen (secondary N) is 2. The fourth-order valence-corrected chi connectivity index (χ4v) is 4.70. The third-order valence-corrected chi connectivity index (χ3v) is 6.14. The summed E-state index contributed by atoms with van der Waals surface area (Å²) in [6.07, 6.45) is 0.643. The number of rotatable bonds is 4. The maximum Gasteiger partial charge on any atom is 0.191 e. The Morgan fingerprint density at radius 1 is 1.33 bits per heavy atom. The average molecular weight is 465 g/mol. The molecule has 1 atom stereocenters. The molecule has 7 heteroatoms. The molecule has 1 aromatic carbocycles. The minimum atomic E-state index is -2.89. The number of hydrogen-bond acceptors (Lipinski definition) is 3. The molecule has 0 amide bonds. The van der Waals surface area contributed by atoms with Gasteiger partial charge in [0.05, 0.1) is 11.5 Å². The number of guanidine groups is 1. The van der Waals surface area contributed by atoms with Gasteiger partial charge in [0.2, 0.25) is 0 Å². The van der Waals surface area contributed by atoms with Crippen molar-refractivity contribution in [3.05, 3.63) is 35.4 Å². The van der Waals surface area contributed by atoms with E-state index in [1.54, 1.807) is 7.05 Å². The Balaban J connectivity index is 0.00000288. The predicted octanol–water partition coefficient (Wildman–Crippen LogP) is 2.24. The summed E-state index contributed by atoms with van der Waals surface area (Å²) in [4.78, 5) is 4.22. The molecule has 0 aromatic heterocycles. The summed E-state index contributed by atoms with van der Waals surface area (Å²) in [6, 6.07) is 8.32. The van der Waals surface area contributed by atoms with Crippen LogP contribution in [0.1, 0.15) is 31.4 Å². The van der Waals surface area contributed by atoms with Gasteiger partial charge < -0.3 is 10.6 Å². The highest BCUT2D eigenvalue weighted by Crippen LogP contribution is 2.25. The molecule has 0 bridgehead atoms. The number of hydrogen-bond donors (Lipinski definition) is 2. The van der Waals surface area contributed by atoms with Crippen molar-refractivity contribution in [2.45, 2.75) is 38.6 Å². The van der Waals surface area contributed by atoms with Crippen molar-refractivity contribution in [2.24, 2.45) is 4.99 Å². The van der Waals surface area contributed by atoms with Crippen molar-refractivity contribution in [3.8, 4) is 0 Å². The highest BCUT2D eigenvalue weighted by Gasteiger charge is 2.29. The van der Waals surface area contributed by atoms with E-state index < -0.39 is 9.84 Å². The zero-order chi connectivity index (χ0) is 17.1. The number of aliphatic imine (C=N–C) groups is 1. The van der Waals surface area contributed by atoms with Gasteiger partial charge in [-0.3, -0.25) is 4.99 Å². The van der Waals surface area contributed by atoms with Crippen LogP contribution in [0.25, 0.3) is 0 Å². The Kier molecular flexibility index (Phi) is 7.52. The molecule has 24 heavy (non-hydrogen) atoms. The molecule has 0 radical (unpaired) electrons. The lowest BCUT2D eigenvalue weighted by atomic mass is 9.82. The van der Waals surface area contributed by atoms with Crippen LogP contribution in [0.3, 0.4) is 0 Å². The summed E-state index contributed by atoms with van der Waals surface area (Å²) < 4.78 is 23.1. The molecule has 5 nitrogen and oxygen atoms in total. The van der Waals surface area contributed by atoms with Gasteiger partial charge in [0, 0.05) is 25.0 Å². The fourth-order valence-electron chi connectivity index (χ4n) is 3.03. The van der Waals surface area contributed by atoms with Crippen LogP contribution in [0.5, 0.6) is 0 Å². The maximum atomic E-state index is 11.6. The van der Waals surface area contributed by atoms with Crippen molar-refractivity contribution in [3.63, 3.8) is 0 Å². The third kappa shape index (κ3) is 5.61. The van der Waals surface area contributed by atoms with Crippen LogP contribution < -0.4 is 10.6 Å². The Labute approximate surface area is 162 Å². The zero-order valence-corrected chi connectivity index (χ0v) is 17.9. The van der Waals surface area contributed by atoms with Crippen LogP contribution >= 0.6 is 24.0 Å². The highest BCUT2D eigenvalue weighted by atomic mass is 127. The molecule has 1 heterocycles. The Morgan fingerprint density at radius 3 is 2.54 bits per heavy atom. The number of nitrogens with zero attached hydrogens (tertiary/aromatic N) is 1. The van der Waals surface area contributed by atoms with Crippen molar-refractivity contribution in [1.82, 2.24) is 10.6 Å². The summed E-state index contributed by atoms with van der Waals surface area (Å²) in [5, 5.41) is 6.55. The van der Waals surface area contributed by atoms with Gasteiger partial charge in [0.1, 0.15) is 0 Å². The van der Waals surface area contributed by atoms with Gasteiger partial charge in [0.25, 0.3) is 0 Å². The SMILES string of the molecule is CN=C(NCC(C)(C)c1ccccc1C)NC1CCS(=O)(=O)C1.I. The van der Waals surface area contributed by atoms with Gasteiger partial charge >= 0.3 is 0 Å². The Morgan fingerprint density at radius 2 is 2.00 bits per heavy atom. The van der Waals surface area contributed by atoms with Gasteiger partial charge in [-0.25, -0.2) is 8.42 Å². The molecule has 1 fully saturated rings. The van der Waals surface area contributed by atoms with Crippen molar-refractivity contribution < 1.29 is 8.42 Å². The summed E-state index contributed by atoms with van der Waals surface area (Å²) in [6.45, 7) is 7.22. The molecule has 1 saturated heterocycles. The van der Waals surface area contributed by atoms with Crippen molar-refractivity contribution in [2.75, 3.05) is 25.1 Å². The highest BCUT2D eigenvalue weighted by molar-refractivity contribution is 14.0. The van der Waals surface area contributed by atoms with Crippen LogP contribution in [0.2, 0.25) is 0 Å². The fraction of sp³-hybridized carbons (Fsp3) is 0.588. The summed E-state index contributed by atoms with van der Waals surface area (Å²) in [5.41, 5.74) is 2.51. The van der Waals surface area contributed by atoms with Gasteiger partial charge in [-0.15, -0.1) is 24.0 Å². The molecule has 0 aliphatic carbocycles. The van der Waals surface area contributed by atoms with Crippen LogP contribution in [-0.4, -0.2) is 45.5 Å². The molecular weight excluding hydrogens is 437 g/mol. The molecule has 1 aromatic rings. The van der Waals surface area contributed by atoms with E-state index in [0.717, 1.165) is 6.54 Å². The van der Waals surface area contributed by atoms with Crippen molar-refractivity contribution >= 4 is 39.8 Å². The van der Waals surface area contributed by atoms with Crippen LogP contribution in [0, 0.1) is 6.92 Å². The van der Waals surface area contributed by atoms with Crippen molar-refractivity contribution in [1.29, 1.82) is 0 Å². The van der Waals surface area contributed by atoms with E-state index in [1.807, 2.05) is 6.07 Å². The second-order valence-corrected chi connectivity index (χ2v) is 9.10. The second-order valence-electron chi connectivity index (χ2n) is 6.87. The van der Waals surface area contributed by atoms with E-state index in [4.69, 9.17) is 0 Å². The first-order valence-electron chi connectivity index (χ1n) is 7.97. The molecule has 1 unspecified atom stereocenters. The first-order chi connectivity index (χ1) is 10.7. The largest absolute Gasteiger partial charge is 0.356 e. The van der Waals surface area contributed by atoms with Crippen LogP contribution in [0.4, 0.5) is 0 Å². The van der Waals surface area contributed by atoms with Crippen LogP contribution in [-0.2, 0) is 15.3 Å². The molecular formula is C17H28IN3O2S. The minimum Gasteiger partial charge on any atom is -0.356 e. The van der Waals surface area contributed by atoms with Gasteiger partial charge in [0.15, 0.2) is 15.8 Å². The molecule has 1 aliphatic rings. The first kappa shape index (κ1) is 21.2. The number of sulfone groups is 1. The summed E-state index contributed by atoms with van der Waals surface area (Å²) in [7, 11) is -1.18. The zero-order valence-electron chi connectivity index (χ0n) is 14.8. The summed E-state index contributed by atoms with van der Waals surface area (Å²) in [5.74, 6) is 1.11. The number of aryl methyl sites for hydroxylation is 1. The molecule has 1 aliphatic heterocycles.